The lowest BCUT2D eigenvalue weighted by Crippen LogP contribution is -2.40. The summed E-state index contributed by atoms with van der Waals surface area (Å²) in [5, 5.41) is 8.93. The lowest BCUT2D eigenvalue weighted by molar-refractivity contribution is 0.0692. The third-order valence-corrected chi connectivity index (χ3v) is 5.19. The van der Waals surface area contributed by atoms with Crippen molar-refractivity contribution in [2.75, 3.05) is 13.1 Å². The van der Waals surface area contributed by atoms with E-state index in [0.29, 0.717) is 24.7 Å². The second-order valence-electron chi connectivity index (χ2n) is 7.84. The molecular weight excluding hydrogens is 344 g/mol. The lowest BCUT2D eigenvalue weighted by atomic mass is 9.96. The minimum absolute atomic E-state index is 0.00559. The van der Waals surface area contributed by atoms with Gasteiger partial charge in [0.15, 0.2) is 0 Å². The van der Waals surface area contributed by atoms with Crippen LogP contribution in [0.1, 0.15) is 61.5 Å². The van der Waals surface area contributed by atoms with E-state index in [1.165, 1.54) is 4.68 Å². The van der Waals surface area contributed by atoms with Gasteiger partial charge >= 0.3 is 5.69 Å². The molecule has 8 nitrogen and oxygen atoms in total. The van der Waals surface area contributed by atoms with Gasteiger partial charge in [0, 0.05) is 39.6 Å². The summed E-state index contributed by atoms with van der Waals surface area (Å²) in [6, 6.07) is 1.91. The third kappa shape index (κ3) is 3.84. The van der Waals surface area contributed by atoms with E-state index in [9.17, 15) is 9.59 Å². The van der Waals surface area contributed by atoms with Crippen molar-refractivity contribution in [1.82, 2.24) is 29.0 Å². The van der Waals surface area contributed by atoms with Gasteiger partial charge < -0.3 is 4.90 Å². The van der Waals surface area contributed by atoms with Crippen LogP contribution in [0.25, 0.3) is 0 Å². The van der Waals surface area contributed by atoms with Crippen LogP contribution in [0.4, 0.5) is 0 Å². The fourth-order valence-corrected chi connectivity index (χ4v) is 3.90. The molecule has 0 N–H and O–H groups in total. The molecule has 148 valence electrons. The Kier molecular flexibility index (Phi) is 5.53. The van der Waals surface area contributed by atoms with Gasteiger partial charge in [-0.1, -0.05) is 13.8 Å². The largest absolute Gasteiger partial charge is 0.345 e. The fourth-order valence-electron chi connectivity index (χ4n) is 3.90. The second-order valence-corrected chi connectivity index (χ2v) is 7.84. The van der Waals surface area contributed by atoms with E-state index in [-0.39, 0.29) is 17.5 Å². The Morgan fingerprint density at radius 1 is 1.26 bits per heavy atom. The van der Waals surface area contributed by atoms with Crippen molar-refractivity contribution in [1.29, 1.82) is 0 Å². The molecule has 1 saturated heterocycles. The molecule has 1 aliphatic rings. The Morgan fingerprint density at radius 2 is 2.00 bits per heavy atom. The van der Waals surface area contributed by atoms with Crippen LogP contribution < -0.4 is 5.69 Å². The van der Waals surface area contributed by atoms with E-state index >= 15 is 0 Å². The van der Waals surface area contributed by atoms with Crippen LogP contribution in [0, 0.1) is 5.92 Å². The highest BCUT2D eigenvalue weighted by Crippen LogP contribution is 2.26. The average Bonchev–Trinajstić information content (AvgIpc) is 3.13. The summed E-state index contributed by atoms with van der Waals surface area (Å²) in [5.74, 6) is 1.37. The first-order valence-corrected chi connectivity index (χ1v) is 9.77. The van der Waals surface area contributed by atoms with Crippen LogP contribution in [-0.4, -0.2) is 48.0 Å². The normalized spacial score (nSPS) is 17.7. The van der Waals surface area contributed by atoms with Crippen LogP contribution >= 0.6 is 0 Å². The molecule has 27 heavy (non-hydrogen) atoms. The summed E-state index contributed by atoms with van der Waals surface area (Å²) >= 11 is 0. The van der Waals surface area contributed by atoms with Crippen molar-refractivity contribution in [2.45, 2.75) is 52.5 Å². The number of aryl methyl sites for hydroxylation is 2. The van der Waals surface area contributed by atoms with E-state index in [0.717, 1.165) is 37.3 Å². The smallest absolute Gasteiger partial charge is 0.337 e. The molecule has 0 saturated carbocycles. The summed E-state index contributed by atoms with van der Waals surface area (Å²) in [4.78, 5) is 27.2. The first kappa shape index (κ1) is 19.4. The lowest BCUT2D eigenvalue weighted by Gasteiger charge is -2.32. The molecule has 3 heterocycles. The van der Waals surface area contributed by atoms with Crippen molar-refractivity contribution >= 4 is 5.91 Å². The van der Waals surface area contributed by atoms with Crippen molar-refractivity contribution in [3.8, 4) is 0 Å². The monoisotopic (exact) mass is 374 g/mol. The Hall–Kier alpha value is -2.38. The van der Waals surface area contributed by atoms with Gasteiger partial charge in [-0.2, -0.15) is 10.2 Å². The number of hydrogen-bond acceptors (Lipinski definition) is 4. The summed E-state index contributed by atoms with van der Waals surface area (Å²) in [7, 11) is 3.50. The Morgan fingerprint density at radius 3 is 2.67 bits per heavy atom. The maximum atomic E-state index is 13.1. The van der Waals surface area contributed by atoms with Crippen molar-refractivity contribution < 1.29 is 4.79 Å². The minimum Gasteiger partial charge on any atom is -0.337 e. The molecule has 0 bridgehead atoms. The first-order valence-electron chi connectivity index (χ1n) is 9.77. The number of amides is 1. The zero-order chi connectivity index (χ0) is 19.7. The third-order valence-electron chi connectivity index (χ3n) is 5.19. The van der Waals surface area contributed by atoms with E-state index in [2.05, 4.69) is 24.0 Å². The highest BCUT2D eigenvalue weighted by molar-refractivity contribution is 5.92. The molecule has 0 spiro atoms. The molecule has 1 fully saturated rings. The Balaban J connectivity index is 1.80. The molecule has 1 atom stereocenters. The summed E-state index contributed by atoms with van der Waals surface area (Å²) in [5.41, 5.74) is 1.48. The molecular formula is C19H30N6O2. The number of carbonyl (C=O) groups excluding carboxylic acids is 1. The van der Waals surface area contributed by atoms with Crippen molar-refractivity contribution in [2.24, 2.45) is 20.0 Å². The molecule has 3 rings (SSSR count). The predicted molar refractivity (Wildman–Crippen MR) is 103 cm³/mol. The van der Waals surface area contributed by atoms with Gasteiger partial charge in [0.1, 0.15) is 11.5 Å². The molecule has 1 aliphatic heterocycles. The molecule has 0 radical (unpaired) electrons. The van der Waals surface area contributed by atoms with Gasteiger partial charge in [0.2, 0.25) is 0 Å². The second kappa shape index (κ2) is 7.70. The number of rotatable bonds is 5. The Bertz CT molecular complexity index is 875. The maximum absolute atomic E-state index is 13.1. The number of likely N-dealkylation sites (tertiary alicyclic amines) is 1. The molecule has 8 heteroatoms. The molecule has 0 aromatic carbocycles. The van der Waals surface area contributed by atoms with Gasteiger partial charge in [0.25, 0.3) is 5.91 Å². The highest BCUT2D eigenvalue weighted by atomic mass is 16.2. The number of piperidine rings is 1. The van der Waals surface area contributed by atoms with Gasteiger partial charge in [-0.25, -0.2) is 9.48 Å². The number of nitrogens with zero attached hydrogens (tertiary/aromatic N) is 6. The van der Waals surface area contributed by atoms with E-state index in [1.54, 1.807) is 16.3 Å². The number of carbonyl (C=O) groups is 1. The van der Waals surface area contributed by atoms with E-state index < -0.39 is 0 Å². The fraction of sp³-hybridized carbons (Fsp3) is 0.684. The Labute approximate surface area is 159 Å². The van der Waals surface area contributed by atoms with E-state index in [4.69, 9.17) is 0 Å². The SMILES string of the molecule is CCn1c([C@H]2CCCN(C(=O)c3cc(CC(C)C)nn3C)C2)nn(C)c1=O. The predicted octanol–water partition coefficient (Wildman–Crippen LogP) is 1.55. The van der Waals surface area contributed by atoms with Crippen LogP contribution in [0.5, 0.6) is 0 Å². The van der Waals surface area contributed by atoms with Crippen LogP contribution in [-0.2, 0) is 27.1 Å². The quantitative estimate of drug-likeness (QED) is 0.796. The van der Waals surface area contributed by atoms with Gasteiger partial charge in [-0.3, -0.25) is 14.0 Å². The molecule has 0 aliphatic carbocycles. The summed E-state index contributed by atoms with van der Waals surface area (Å²) < 4.78 is 4.79. The molecule has 2 aromatic heterocycles. The number of hydrogen-bond donors (Lipinski definition) is 0. The maximum Gasteiger partial charge on any atom is 0.345 e. The summed E-state index contributed by atoms with van der Waals surface area (Å²) in [6.45, 7) is 8.14. The number of aromatic nitrogens is 5. The zero-order valence-corrected chi connectivity index (χ0v) is 17.0. The standard InChI is InChI=1S/C19H30N6O2/c1-6-25-17(21-23(5)19(25)27)14-8-7-9-24(12-14)18(26)16-11-15(10-13(2)3)20-22(16)4/h11,13-14H,6-10,12H2,1-5H3/t14-/m0/s1. The van der Waals surface area contributed by atoms with Gasteiger partial charge in [-0.05, 0) is 38.2 Å². The highest BCUT2D eigenvalue weighted by Gasteiger charge is 2.30. The van der Waals surface area contributed by atoms with Crippen LogP contribution in [0.2, 0.25) is 0 Å². The topological polar surface area (TPSA) is 78.0 Å². The first-order chi connectivity index (χ1) is 12.8. The molecule has 1 amide bonds. The minimum atomic E-state index is -0.0964. The molecule has 2 aromatic rings. The van der Waals surface area contributed by atoms with Crippen LogP contribution in [0.15, 0.2) is 10.9 Å². The van der Waals surface area contributed by atoms with Crippen LogP contribution in [0.3, 0.4) is 0 Å². The zero-order valence-electron chi connectivity index (χ0n) is 17.0. The molecule has 0 unspecified atom stereocenters. The van der Waals surface area contributed by atoms with Crippen molar-refractivity contribution in [3.05, 3.63) is 33.8 Å². The van der Waals surface area contributed by atoms with Gasteiger partial charge in [0.05, 0.1) is 5.69 Å². The van der Waals surface area contributed by atoms with E-state index in [1.807, 2.05) is 24.9 Å². The summed E-state index contributed by atoms with van der Waals surface area (Å²) in [6.07, 6.45) is 2.70. The van der Waals surface area contributed by atoms with Crippen molar-refractivity contribution in [3.63, 3.8) is 0 Å². The van der Waals surface area contributed by atoms with Gasteiger partial charge in [-0.15, -0.1) is 0 Å². The average molecular weight is 374 g/mol.